The Morgan fingerprint density at radius 2 is 1.95 bits per heavy atom. The van der Waals surface area contributed by atoms with Crippen molar-refractivity contribution in [3.8, 4) is 0 Å². The lowest BCUT2D eigenvalue weighted by molar-refractivity contribution is -0.137. The number of urea groups is 1. The second kappa shape index (κ2) is 7.63. The van der Waals surface area contributed by atoms with Crippen LogP contribution in [0, 0.1) is 0 Å². The van der Waals surface area contributed by atoms with Gasteiger partial charge in [0.05, 0.1) is 6.04 Å². The van der Waals surface area contributed by atoms with E-state index in [2.05, 4.69) is 10.6 Å². The molecular formula is C13H17ClN2O3. The smallest absolute Gasteiger partial charge is 0.315 e. The molecular weight excluding hydrogens is 268 g/mol. The normalized spacial score (nSPS) is 11.7. The minimum Gasteiger partial charge on any atom is -0.481 e. The molecule has 19 heavy (non-hydrogen) atoms. The number of hydrogen-bond acceptors (Lipinski definition) is 2. The molecule has 0 spiro atoms. The standard InChI is InChI=1S/C13H17ClN2O3/c1-9(10-4-6-11(14)7-5-10)16-13(19)15-8-2-3-12(17)18/h4-7,9H,2-3,8H2,1H3,(H,17,18)(H2,15,16,19). The Labute approximate surface area is 117 Å². The first kappa shape index (κ1) is 15.3. The van der Waals surface area contributed by atoms with Crippen LogP contribution in [0.15, 0.2) is 24.3 Å². The van der Waals surface area contributed by atoms with E-state index in [1.54, 1.807) is 12.1 Å². The fourth-order valence-electron chi connectivity index (χ4n) is 1.52. The van der Waals surface area contributed by atoms with E-state index in [0.29, 0.717) is 18.0 Å². The maximum atomic E-state index is 11.5. The molecule has 1 aromatic rings. The Bertz CT molecular complexity index is 434. The Morgan fingerprint density at radius 3 is 2.53 bits per heavy atom. The number of halogens is 1. The van der Waals surface area contributed by atoms with Gasteiger partial charge < -0.3 is 15.7 Å². The molecule has 0 radical (unpaired) electrons. The largest absolute Gasteiger partial charge is 0.481 e. The summed E-state index contributed by atoms with van der Waals surface area (Å²) < 4.78 is 0. The van der Waals surface area contributed by atoms with Crippen LogP contribution >= 0.6 is 11.6 Å². The van der Waals surface area contributed by atoms with Gasteiger partial charge in [-0.05, 0) is 31.0 Å². The zero-order valence-corrected chi connectivity index (χ0v) is 11.4. The van der Waals surface area contributed by atoms with Crippen molar-refractivity contribution in [2.75, 3.05) is 6.54 Å². The highest BCUT2D eigenvalue weighted by Gasteiger charge is 2.08. The van der Waals surface area contributed by atoms with Gasteiger partial charge in [-0.3, -0.25) is 4.79 Å². The number of carboxylic acid groups (broad SMARTS) is 1. The number of carbonyl (C=O) groups excluding carboxylic acids is 1. The molecule has 2 amide bonds. The van der Waals surface area contributed by atoms with Gasteiger partial charge in [0.15, 0.2) is 0 Å². The highest BCUT2D eigenvalue weighted by Crippen LogP contribution is 2.15. The zero-order valence-electron chi connectivity index (χ0n) is 10.6. The lowest BCUT2D eigenvalue weighted by atomic mass is 10.1. The molecule has 104 valence electrons. The van der Waals surface area contributed by atoms with Gasteiger partial charge in [-0.25, -0.2) is 4.79 Å². The third-order valence-corrected chi connectivity index (χ3v) is 2.82. The molecule has 5 nitrogen and oxygen atoms in total. The summed E-state index contributed by atoms with van der Waals surface area (Å²) >= 11 is 5.78. The fraction of sp³-hybridized carbons (Fsp3) is 0.385. The maximum Gasteiger partial charge on any atom is 0.315 e. The highest BCUT2D eigenvalue weighted by atomic mass is 35.5. The second-order valence-electron chi connectivity index (χ2n) is 4.17. The van der Waals surface area contributed by atoms with Gasteiger partial charge in [0, 0.05) is 18.0 Å². The van der Waals surface area contributed by atoms with Crippen LogP contribution in [0.1, 0.15) is 31.4 Å². The van der Waals surface area contributed by atoms with E-state index in [4.69, 9.17) is 16.7 Å². The Hall–Kier alpha value is -1.75. The van der Waals surface area contributed by atoms with Crippen molar-refractivity contribution >= 4 is 23.6 Å². The Morgan fingerprint density at radius 1 is 1.32 bits per heavy atom. The fourth-order valence-corrected chi connectivity index (χ4v) is 1.65. The van der Waals surface area contributed by atoms with Gasteiger partial charge in [-0.2, -0.15) is 0 Å². The van der Waals surface area contributed by atoms with E-state index in [-0.39, 0.29) is 18.5 Å². The zero-order chi connectivity index (χ0) is 14.3. The van der Waals surface area contributed by atoms with Gasteiger partial charge in [-0.15, -0.1) is 0 Å². The highest BCUT2D eigenvalue weighted by molar-refractivity contribution is 6.30. The third-order valence-electron chi connectivity index (χ3n) is 2.57. The number of hydrogen-bond donors (Lipinski definition) is 3. The van der Waals surface area contributed by atoms with Crippen molar-refractivity contribution in [2.24, 2.45) is 0 Å². The molecule has 0 bridgehead atoms. The molecule has 6 heteroatoms. The first-order valence-electron chi connectivity index (χ1n) is 6.00. The van der Waals surface area contributed by atoms with Crippen molar-refractivity contribution in [1.82, 2.24) is 10.6 Å². The number of rotatable bonds is 6. The quantitative estimate of drug-likeness (QED) is 0.703. The molecule has 0 aliphatic heterocycles. The summed E-state index contributed by atoms with van der Waals surface area (Å²) in [6, 6.07) is 6.76. The van der Waals surface area contributed by atoms with E-state index in [1.165, 1.54) is 0 Å². The van der Waals surface area contributed by atoms with Crippen molar-refractivity contribution in [2.45, 2.75) is 25.8 Å². The minimum absolute atomic E-state index is 0.0486. The van der Waals surface area contributed by atoms with E-state index >= 15 is 0 Å². The number of benzene rings is 1. The number of amides is 2. The number of carboxylic acids is 1. The molecule has 0 saturated carbocycles. The lowest BCUT2D eigenvalue weighted by Crippen LogP contribution is -2.37. The molecule has 1 unspecified atom stereocenters. The van der Waals surface area contributed by atoms with Crippen LogP contribution in [0.3, 0.4) is 0 Å². The minimum atomic E-state index is -0.864. The summed E-state index contributed by atoms with van der Waals surface area (Å²) in [4.78, 5) is 21.8. The molecule has 0 saturated heterocycles. The SMILES string of the molecule is CC(NC(=O)NCCCC(=O)O)c1ccc(Cl)cc1. The van der Waals surface area contributed by atoms with E-state index in [1.807, 2.05) is 19.1 Å². The van der Waals surface area contributed by atoms with Gasteiger partial charge in [0.2, 0.25) is 0 Å². The van der Waals surface area contributed by atoms with Gasteiger partial charge in [-0.1, -0.05) is 23.7 Å². The molecule has 1 rings (SSSR count). The summed E-state index contributed by atoms with van der Waals surface area (Å²) in [6.07, 6.45) is 0.463. The van der Waals surface area contributed by atoms with Crippen LogP contribution < -0.4 is 10.6 Å². The van der Waals surface area contributed by atoms with Crippen LogP contribution in [0.5, 0.6) is 0 Å². The third kappa shape index (κ3) is 6.10. The molecule has 0 aliphatic rings. The van der Waals surface area contributed by atoms with Crippen LogP contribution in [-0.4, -0.2) is 23.7 Å². The van der Waals surface area contributed by atoms with Crippen molar-refractivity contribution in [3.63, 3.8) is 0 Å². The summed E-state index contributed by atoms with van der Waals surface area (Å²) in [5.41, 5.74) is 0.949. The summed E-state index contributed by atoms with van der Waals surface area (Å²) in [5.74, 6) is -0.864. The van der Waals surface area contributed by atoms with Gasteiger partial charge >= 0.3 is 12.0 Å². The maximum absolute atomic E-state index is 11.5. The first-order chi connectivity index (χ1) is 8.99. The predicted molar refractivity (Wildman–Crippen MR) is 73.3 cm³/mol. The molecule has 1 aromatic carbocycles. The summed E-state index contributed by atoms with van der Waals surface area (Å²) in [6.45, 7) is 2.20. The molecule has 0 heterocycles. The van der Waals surface area contributed by atoms with Crippen molar-refractivity contribution in [3.05, 3.63) is 34.9 Å². The first-order valence-corrected chi connectivity index (χ1v) is 6.38. The van der Waals surface area contributed by atoms with E-state index in [0.717, 1.165) is 5.56 Å². The topological polar surface area (TPSA) is 78.4 Å². The van der Waals surface area contributed by atoms with Gasteiger partial charge in [0.25, 0.3) is 0 Å². The number of nitrogens with one attached hydrogen (secondary N) is 2. The molecule has 0 aromatic heterocycles. The Balaban J connectivity index is 2.31. The van der Waals surface area contributed by atoms with Crippen LogP contribution in [0.2, 0.25) is 5.02 Å². The molecule has 3 N–H and O–H groups in total. The summed E-state index contributed by atoms with van der Waals surface area (Å²) in [7, 11) is 0. The molecule has 0 aliphatic carbocycles. The predicted octanol–water partition coefficient (Wildman–Crippen LogP) is 2.57. The van der Waals surface area contributed by atoms with E-state index in [9.17, 15) is 9.59 Å². The van der Waals surface area contributed by atoms with Crippen LogP contribution in [-0.2, 0) is 4.79 Å². The number of aliphatic carboxylic acids is 1. The number of carbonyl (C=O) groups is 2. The monoisotopic (exact) mass is 284 g/mol. The lowest BCUT2D eigenvalue weighted by Gasteiger charge is -2.15. The van der Waals surface area contributed by atoms with Gasteiger partial charge in [0.1, 0.15) is 0 Å². The average Bonchev–Trinajstić information content (AvgIpc) is 2.35. The van der Waals surface area contributed by atoms with Crippen LogP contribution in [0.25, 0.3) is 0 Å². The average molecular weight is 285 g/mol. The van der Waals surface area contributed by atoms with Crippen molar-refractivity contribution in [1.29, 1.82) is 0 Å². The molecule has 1 atom stereocenters. The second-order valence-corrected chi connectivity index (χ2v) is 4.61. The molecule has 0 fully saturated rings. The van der Waals surface area contributed by atoms with Crippen molar-refractivity contribution < 1.29 is 14.7 Å². The van der Waals surface area contributed by atoms with E-state index < -0.39 is 5.97 Å². The summed E-state index contributed by atoms with van der Waals surface area (Å²) in [5, 5.41) is 14.5. The van der Waals surface area contributed by atoms with Crippen LogP contribution in [0.4, 0.5) is 4.79 Å². The Kier molecular flexibility index (Phi) is 6.15.